The van der Waals surface area contributed by atoms with Gasteiger partial charge < -0.3 is 15.8 Å². The van der Waals surface area contributed by atoms with Crippen LogP contribution in [0.2, 0.25) is 0 Å². The van der Waals surface area contributed by atoms with Gasteiger partial charge in [-0.2, -0.15) is 0 Å². The number of carbonyl (C=O) groups excluding carboxylic acids is 1. The summed E-state index contributed by atoms with van der Waals surface area (Å²) in [6, 6.07) is 15.6. The Morgan fingerprint density at radius 1 is 1.13 bits per heavy atom. The molecule has 0 radical (unpaired) electrons. The lowest BCUT2D eigenvalue weighted by atomic mass is 9.97. The lowest BCUT2D eigenvalue weighted by Gasteiger charge is -2.09. The van der Waals surface area contributed by atoms with Crippen LogP contribution >= 0.6 is 0 Å². The molecule has 1 saturated heterocycles. The number of hydrogen-bond donors (Lipinski definition) is 2. The van der Waals surface area contributed by atoms with Crippen molar-refractivity contribution < 1.29 is 9.53 Å². The molecule has 3 N–H and O–H groups in total. The zero-order chi connectivity index (χ0) is 16.1. The van der Waals surface area contributed by atoms with Gasteiger partial charge in [0.1, 0.15) is 0 Å². The molecule has 0 aromatic heterocycles. The predicted octanol–water partition coefficient (Wildman–Crippen LogP) is 2.75. The summed E-state index contributed by atoms with van der Waals surface area (Å²) in [5.74, 6) is 0.437. The second-order valence-electron chi connectivity index (χ2n) is 5.93. The van der Waals surface area contributed by atoms with Crippen molar-refractivity contribution in [1.82, 2.24) is 5.32 Å². The molecule has 1 fully saturated rings. The first-order valence-electron chi connectivity index (χ1n) is 8.03. The van der Waals surface area contributed by atoms with Crippen LogP contribution < -0.4 is 11.1 Å². The van der Waals surface area contributed by atoms with Crippen LogP contribution in [0.3, 0.4) is 0 Å². The van der Waals surface area contributed by atoms with Gasteiger partial charge in [0.2, 0.25) is 0 Å². The molecule has 4 heteroatoms. The summed E-state index contributed by atoms with van der Waals surface area (Å²) in [7, 11) is 0. The van der Waals surface area contributed by atoms with Crippen LogP contribution in [-0.4, -0.2) is 25.7 Å². The van der Waals surface area contributed by atoms with Crippen LogP contribution in [0.5, 0.6) is 0 Å². The monoisotopic (exact) mass is 310 g/mol. The van der Waals surface area contributed by atoms with Gasteiger partial charge in [0, 0.05) is 30.3 Å². The van der Waals surface area contributed by atoms with E-state index in [0.717, 1.165) is 37.3 Å². The van der Waals surface area contributed by atoms with Crippen molar-refractivity contribution in [3.05, 3.63) is 65.2 Å². The van der Waals surface area contributed by atoms with E-state index in [1.165, 1.54) is 5.56 Å². The third-order valence-corrected chi connectivity index (χ3v) is 4.25. The van der Waals surface area contributed by atoms with E-state index in [4.69, 9.17) is 10.5 Å². The Bertz CT molecular complexity index is 644. The lowest BCUT2D eigenvalue weighted by molar-refractivity contribution is 0.0954. The normalized spacial score (nSPS) is 17.1. The van der Waals surface area contributed by atoms with Crippen molar-refractivity contribution in [2.45, 2.75) is 18.8 Å². The molecule has 2 aromatic carbocycles. The Labute approximate surface area is 136 Å². The minimum Gasteiger partial charge on any atom is -0.399 e. The van der Waals surface area contributed by atoms with Crippen LogP contribution in [0.1, 0.15) is 33.8 Å². The quantitative estimate of drug-likeness (QED) is 0.835. The highest BCUT2D eigenvalue weighted by molar-refractivity contribution is 5.94. The summed E-state index contributed by atoms with van der Waals surface area (Å²) in [6.07, 6.45) is 1.86. The molecule has 2 aromatic rings. The summed E-state index contributed by atoms with van der Waals surface area (Å²) in [6.45, 7) is 2.23. The first kappa shape index (κ1) is 15.6. The van der Waals surface area contributed by atoms with E-state index in [1.54, 1.807) is 0 Å². The average Bonchev–Trinajstić information content (AvgIpc) is 3.11. The molecule has 23 heavy (non-hydrogen) atoms. The maximum atomic E-state index is 12.2. The summed E-state index contributed by atoms with van der Waals surface area (Å²) >= 11 is 0. The molecule has 1 unspecified atom stereocenters. The summed E-state index contributed by atoms with van der Waals surface area (Å²) in [5, 5.41) is 2.96. The van der Waals surface area contributed by atoms with E-state index in [2.05, 4.69) is 5.32 Å². The van der Waals surface area contributed by atoms with Crippen LogP contribution in [0.25, 0.3) is 0 Å². The molecular formula is C19H22N2O2. The van der Waals surface area contributed by atoms with Crippen LogP contribution in [0.4, 0.5) is 5.69 Å². The number of nitrogen functional groups attached to an aromatic ring is 1. The summed E-state index contributed by atoms with van der Waals surface area (Å²) in [4.78, 5) is 12.2. The highest BCUT2D eigenvalue weighted by Crippen LogP contribution is 2.25. The molecule has 1 aliphatic heterocycles. The number of hydrogen-bond acceptors (Lipinski definition) is 3. The molecule has 0 saturated carbocycles. The molecule has 1 amide bonds. The standard InChI is InChI=1S/C19H22N2O2/c20-18-7-1-14(2-8-18)9-11-21-19(22)16-5-3-15(4-6-16)17-10-12-23-13-17/h1-8,17H,9-13,20H2,(H,21,22). The molecule has 0 bridgehead atoms. The summed E-state index contributed by atoms with van der Waals surface area (Å²) in [5.41, 5.74) is 9.53. The Hall–Kier alpha value is -2.33. The van der Waals surface area contributed by atoms with Gasteiger partial charge in [0.15, 0.2) is 0 Å². The predicted molar refractivity (Wildman–Crippen MR) is 91.5 cm³/mol. The van der Waals surface area contributed by atoms with Gasteiger partial charge >= 0.3 is 0 Å². The van der Waals surface area contributed by atoms with Gasteiger partial charge in [0.25, 0.3) is 5.91 Å². The number of benzene rings is 2. The highest BCUT2D eigenvalue weighted by atomic mass is 16.5. The SMILES string of the molecule is Nc1ccc(CCNC(=O)c2ccc(C3CCOC3)cc2)cc1. The van der Waals surface area contributed by atoms with Gasteiger partial charge in [0.05, 0.1) is 6.61 Å². The molecule has 3 rings (SSSR count). The maximum absolute atomic E-state index is 12.2. The van der Waals surface area contributed by atoms with E-state index in [9.17, 15) is 4.79 Å². The Morgan fingerprint density at radius 2 is 1.87 bits per heavy atom. The van der Waals surface area contributed by atoms with Gasteiger partial charge in [-0.05, 0) is 48.2 Å². The highest BCUT2D eigenvalue weighted by Gasteiger charge is 2.17. The second-order valence-corrected chi connectivity index (χ2v) is 5.93. The zero-order valence-corrected chi connectivity index (χ0v) is 13.1. The molecule has 1 atom stereocenters. The number of ether oxygens (including phenoxy) is 1. The van der Waals surface area contributed by atoms with E-state index < -0.39 is 0 Å². The molecule has 0 spiro atoms. The van der Waals surface area contributed by atoms with Crippen LogP contribution in [0, 0.1) is 0 Å². The fraction of sp³-hybridized carbons (Fsp3) is 0.316. The maximum Gasteiger partial charge on any atom is 0.251 e. The first-order valence-corrected chi connectivity index (χ1v) is 8.03. The van der Waals surface area contributed by atoms with Crippen molar-refractivity contribution in [3.8, 4) is 0 Å². The van der Waals surface area contributed by atoms with Crippen molar-refractivity contribution in [2.75, 3.05) is 25.5 Å². The van der Waals surface area contributed by atoms with Crippen molar-refractivity contribution in [3.63, 3.8) is 0 Å². The number of carbonyl (C=O) groups is 1. The smallest absolute Gasteiger partial charge is 0.251 e. The molecule has 120 valence electrons. The summed E-state index contributed by atoms with van der Waals surface area (Å²) < 4.78 is 5.40. The van der Waals surface area contributed by atoms with Crippen molar-refractivity contribution >= 4 is 11.6 Å². The number of anilines is 1. The van der Waals surface area contributed by atoms with E-state index in [0.29, 0.717) is 18.0 Å². The number of rotatable bonds is 5. The topological polar surface area (TPSA) is 64.3 Å². The Morgan fingerprint density at radius 3 is 2.52 bits per heavy atom. The largest absolute Gasteiger partial charge is 0.399 e. The third-order valence-electron chi connectivity index (χ3n) is 4.25. The molecule has 0 aliphatic carbocycles. The number of nitrogens with one attached hydrogen (secondary N) is 1. The van der Waals surface area contributed by atoms with Gasteiger partial charge in [-0.3, -0.25) is 4.79 Å². The van der Waals surface area contributed by atoms with Crippen LogP contribution in [0.15, 0.2) is 48.5 Å². The lowest BCUT2D eigenvalue weighted by Crippen LogP contribution is -2.25. The van der Waals surface area contributed by atoms with Crippen molar-refractivity contribution in [1.29, 1.82) is 0 Å². The van der Waals surface area contributed by atoms with Crippen LogP contribution in [-0.2, 0) is 11.2 Å². The third kappa shape index (κ3) is 4.11. The van der Waals surface area contributed by atoms with E-state index >= 15 is 0 Å². The molecule has 1 aliphatic rings. The average molecular weight is 310 g/mol. The van der Waals surface area contributed by atoms with Crippen molar-refractivity contribution in [2.24, 2.45) is 0 Å². The fourth-order valence-electron chi connectivity index (χ4n) is 2.81. The van der Waals surface area contributed by atoms with Gasteiger partial charge in [-0.1, -0.05) is 24.3 Å². The second kappa shape index (κ2) is 7.29. The zero-order valence-electron chi connectivity index (χ0n) is 13.1. The van der Waals surface area contributed by atoms with Gasteiger partial charge in [-0.25, -0.2) is 0 Å². The Kier molecular flexibility index (Phi) is 4.93. The molecule has 4 nitrogen and oxygen atoms in total. The Balaban J connectivity index is 1.50. The van der Waals surface area contributed by atoms with E-state index in [1.807, 2.05) is 48.5 Å². The fourth-order valence-corrected chi connectivity index (χ4v) is 2.81. The minimum atomic E-state index is -0.0327. The number of amides is 1. The molecule has 1 heterocycles. The van der Waals surface area contributed by atoms with Gasteiger partial charge in [-0.15, -0.1) is 0 Å². The minimum absolute atomic E-state index is 0.0327. The number of nitrogens with two attached hydrogens (primary N) is 1. The first-order chi connectivity index (χ1) is 11.2. The molecular weight excluding hydrogens is 288 g/mol. The van der Waals surface area contributed by atoms with E-state index in [-0.39, 0.29) is 5.91 Å².